The second-order valence-corrected chi connectivity index (χ2v) is 8.19. The number of halogens is 1. The molecule has 0 saturated carbocycles. The average Bonchev–Trinajstić information content (AvgIpc) is 2.64. The summed E-state index contributed by atoms with van der Waals surface area (Å²) in [7, 11) is -3.59. The molecule has 6 nitrogen and oxygen atoms in total. The van der Waals surface area contributed by atoms with Gasteiger partial charge in [-0.1, -0.05) is 31.5 Å². The second-order valence-electron chi connectivity index (χ2n) is 5.82. The average molecular weight is 411 g/mol. The van der Waals surface area contributed by atoms with Gasteiger partial charge in [0.05, 0.1) is 4.90 Å². The van der Waals surface area contributed by atoms with Crippen LogP contribution in [0.1, 0.15) is 20.8 Å². The summed E-state index contributed by atoms with van der Waals surface area (Å²) < 4.78 is 32.2. The first-order valence-electron chi connectivity index (χ1n) is 8.61. The van der Waals surface area contributed by atoms with Gasteiger partial charge in [-0.05, 0) is 49.4 Å². The molecule has 0 spiro atoms. The molecule has 0 aliphatic rings. The van der Waals surface area contributed by atoms with Crippen LogP contribution >= 0.6 is 11.6 Å². The third kappa shape index (κ3) is 5.45. The van der Waals surface area contributed by atoms with Crippen LogP contribution in [-0.4, -0.2) is 37.8 Å². The van der Waals surface area contributed by atoms with Crippen LogP contribution in [-0.2, 0) is 14.8 Å². The zero-order valence-electron chi connectivity index (χ0n) is 15.5. The van der Waals surface area contributed by atoms with E-state index in [-0.39, 0.29) is 10.8 Å². The molecule has 1 atom stereocenters. The van der Waals surface area contributed by atoms with E-state index in [1.807, 2.05) is 0 Å². The number of nitrogens with zero attached hydrogens (tertiary/aromatic N) is 1. The van der Waals surface area contributed by atoms with E-state index in [4.69, 9.17) is 16.3 Å². The highest BCUT2D eigenvalue weighted by atomic mass is 35.5. The zero-order valence-corrected chi connectivity index (χ0v) is 17.0. The first-order chi connectivity index (χ1) is 12.8. The summed E-state index contributed by atoms with van der Waals surface area (Å²) in [5.41, 5.74) is 0.389. The molecule has 0 heterocycles. The van der Waals surface area contributed by atoms with Crippen LogP contribution in [0.25, 0.3) is 0 Å². The van der Waals surface area contributed by atoms with Crippen molar-refractivity contribution in [2.24, 2.45) is 0 Å². The fourth-order valence-corrected chi connectivity index (χ4v) is 4.09. The number of carbonyl (C=O) groups excluding carboxylic acids is 1. The minimum absolute atomic E-state index is 0.135. The van der Waals surface area contributed by atoms with Crippen LogP contribution in [0, 0.1) is 0 Å². The van der Waals surface area contributed by atoms with Gasteiger partial charge < -0.3 is 10.1 Å². The minimum Gasteiger partial charge on any atom is -0.481 e. The van der Waals surface area contributed by atoms with Gasteiger partial charge in [-0.25, -0.2) is 8.42 Å². The monoisotopic (exact) mass is 410 g/mol. The normalized spacial score (nSPS) is 12.6. The first-order valence-corrected chi connectivity index (χ1v) is 10.4. The number of anilines is 1. The lowest BCUT2D eigenvalue weighted by atomic mass is 10.3. The molecule has 27 heavy (non-hydrogen) atoms. The van der Waals surface area contributed by atoms with Crippen molar-refractivity contribution in [3.8, 4) is 5.75 Å². The smallest absolute Gasteiger partial charge is 0.265 e. The molecule has 0 unspecified atom stereocenters. The van der Waals surface area contributed by atoms with E-state index in [9.17, 15) is 13.2 Å². The van der Waals surface area contributed by atoms with Gasteiger partial charge in [0.25, 0.3) is 5.91 Å². The number of sulfonamides is 1. The van der Waals surface area contributed by atoms with E-state index in [0.717, 1.165) is 0 Å². The van der Waals surface area contributed by atoms with E-state index < -0.39 is 16.1 Å². The number of ether oxygens (including phenoxy) is 1. The Morgan fingerprint density at radius 1 is 1.15 bits per heavy atom. The predicted octanol–water partition coefficient (Wildman–Crippen LogP) is 3.78. The molecule has 0 aromatic heterocycles. The summed E-state index contributed by atoms with van der Waals surface area (Å²) in [5.74, 6) is 0.127. The fourth-order valence-electron chi connectivity index (χ4n) is 2.46. The quantitative estimate of drug-likeness (QED) is 0.718. The largest absolute Gasteiger partial charge is 0.481 e. The van der Waals surface area contributed by atoms with Crippen LogP contribution in [0.2, 0.25) is 5.02 Å². The Kier molecular flexibility index (Phi) is 7.24. The summed E-state index contributed by atoms with van der Waals surface area (Å²) in [4.78, 5) is 12.5. The number of rotatable bonds is 8. The van der Waals surface area contributed by atoms with Gasteiger partial charge >= 0.3 is 0 Å². The van der Waals surface area contributed by atoms with E-state index in [0.29, 0.717) is 29.5 Å². The first kappa shape index (κ1) is 21.2. The third-order valence-corrected chi connectivity index (χ3v) is 6.24. The Hall–Kier alpha value is -2.09. The van der Waals surface area contributed by atoms with Gasteiger partial charge in [-0.2, -0.15) is 4.31 Å². The molecule has 2 aromatic rings. The Bertz CT molecular complexity index is 881. The Morgan fingerprint density at radius 2 is 1.78 bits per heavy atom. The highest BCUT2D eigenvalue weighted by Crippen LogP contribution is 2.21. The zero-order chi connectivity index (χ0) is 20.0. The molecular formula is C19H23ClN2O4S. The molecule has 0 aliphatic heterocycles. The van der Waals surface area contributed by atoms with E-state index in [2.05, 4.69) is 5.32 Å². The predicted molar refractivity (Wildman–Crippen MR) is 107 cm³/mol. The molecular weight excluding hydrogens is 388 g/mol. The minimum atomic E-state index is -3.59. The van der Waals surface area contributed by atoms with Crippen LogP contribution < -0.4 is 10.1 Å². The topological polar surface area (TPSA) is 75.7 Å². The summed E-state index contributed by atoms with van der Waals surface area (Å²) in [6.45, 7) is 5.92. The number of carbonyl (C=O) groups is 1. The molecule has 1 amide bonds. The molecule has 0 bridgehead atoms. The van der Waals surface area contributed by atoms with Crippen molar-refractivity contribution in [2.45, 2.75) is 31.8 Å². The van der Waals surface area contributed by atoms with Crippen molar-refractivity contribution in [3.63, 3.8) is 0 Å². The van der Waals surface area contributed by atoms with Crippen LogP contribution in [0.15, 0.2) is 53.4 Å². The molecule has 0 saturated heterocycles. The van der Waals surface area contributed by atoms with Crippen molar-refractivity contribution >= 4 is 33.2 Å². The molecule has 146 valence electrons. The van der Waals surface area contributed by atoms with Gasteiger partial charge in [0.1, 0.15) is 5.75 Å². The van der Waals surface area contributed by atoms with Gasteiger partial charge in [0, 0.05) is 23.8 Å². The fraction of sp³-hybridized carbons (Fsp3) is 0.316. The molecule has 2 rings (SSSR count). The molecule has 0 radical (unpaired) electrons. The second kappa shape index (κ2) is 9.21. The Balaban J connectivity index is 2.10. The van der Waals surface area contributed by atoms with Gasteiger partial charge in [-0.3, -0.25) is 4.79 Å². The Morgan fingerprint density at radius 3 is 2.37 bits per heavy atom. The standard InChI is InChI=1S/C19H23ClN2O4S/c1-4-22(5-2)27(24,25)18-8-6-7-16(13-18)21-19(23)14(3)26-17-11-9-15(20)10-12-17/h6-14H,4-5H2,1-3H3,(H,21,23)/t14-/m1/s1. The summed E-state index contributed by atoms with van der Waals surface area (Å²) >= 11 is 5.83. The molecule has 8 heteroatoms. The number of hydrogen-bond donors (Lipinski definition) is 1. The number of nitrogens with one attached hydrogen (secondary N) is 1. The number of amides is 1. The highest BCUT2D eigenvalue weighted by molar-refractivity contribution is 7.89. The number of benzene rings is 2. The van der Waals surface area contributed by atoms with Crippen LogP contribution in [0.3, 0.4) is 0 Å². The SMILES string of the molecule is CCN(CC)S(=O)(=O)c1cccc(NC(=O)[C@@H](C)Oc2ccc(Cl)cc2)c1. The summed E-state index contributed by atoms with van der Waals surface area (Å²) in [6.07, 6.45) is -0.769. The van der Waals surface area contributed by atoms with Crippen molar-refractivity contribution < 1.29 is 17.9 Å². The van der Waals surface area contributed by atoms with E-state index in [1.54, 1.807) is 57.2 Å². The lowest BCUT2D eigenvalue weighted by Crippen LogP contribution is -2.31. The van der Waals surface area contributed by atoms with Crippen LogP contribution in [0.4, 0.5) is 5.69 Å². The lowest BCUT2D eigenvalue weighted by Gasteiger charge is -2.19. The van der Waals surface area contributed by atoms with E-state index >= 15 is 0 Å². The molecule has 1 N–H and O–H groups in total. The summed E-state index contributed by atoms with van der Waals surface area (Å²) in [6, 6.07) is 12.9. The van der Waals surface area contributed by atoms with Crippen molar-refractivity contribution in [1.29, 1.82) is 0 Å². The van der Waals surface area contributed by atoms with Gasteiger partial charge in [-0.15, -0.1) is 0 Å². The van der Waals surface area contributed by atoms with Crippen molar-refractivity contribution in [2.75, 3.05) is 18.4 Å². The maximum absolute atomic E-state index is 12.6. The molecule has 0 aliphatic carbocycles. The Labute approximate surface area is 165 Å². The van der Waals surface area contributed by atoms with E-state index in [1.165, 1.54) is 16.4 Å². The molecule has 0 fully saturated rings. The van der Waals surface area contributed by atoms with Crippen molar-refractivity contribution in [1.82, 2.24) is 4.31 Å². The van der Waals surface area contributed by atoms with Gasteiger partial charge in [0.15, 0.2) is 6.10 Å². The maximum atomic E-state index is 12.6. The summed E-state index contributed by atoms with van der Waals surface area (Å²) in [5, 5.41) is 3.26. The maximum Gasteiger partial charge on any atom is 0.265 e. The van der Waals surface area contributed by atoms with Gasteiger partial charge in [0.2, 0.25) is 10.0 Å². The third-order valence-electron chi connectivity index (χ3n) is 3.94. The molecule has 2 aromatic carbocycles. The lowest BCUT2D eigenvalue weighted by molar-refractivity contribution is -0.122. The number of hydrogen-bond acceptors (Lipinski definition) is 4. The van der Waals surface area contributed by atoms with Crippen molar-refractivity contribution in [3.05, 3.63) is 53.6 Å². The van der Waals surface area contributed by atoms with Crippen LogP contribution in [0.5, 0.6) is 5.75 Å². The highest BCUT2D eigenvalue weighted by Gasteiger charge is 2.22.